The fourth-order valence-electron chi connectivity index (χ4n) is 2.26. The molecule has 2 aromatic heterocycles. The third kappa shape index (κ3) is 2.62. The molecule has 0 aliphatic heterocycles. The Morgan fingerprint density at radius 1 is 1.32 bits per heavy atom. The number of carbonyl (C=O) groups excluding carboxylic acids is 1. The summed E-state index contributed by atoms with van der Waals surface area (Å²) in [7, 11) is 1.74. The Labute approximate surface area is 141 Å². The van der Waals surface area contributed by atoms with Crippen molar-refractivity contribution in [2.24, 2.45) is 0 Å². The van der Waals surface area contributed by atoms with Crippen LogP contribution in [0.25, 0.3) is 5.65 Å². The number of aromatic nitrogens is 2. The van der Waals surface area contributed by atoms with Crippen molar-refractivity contribution < 1.29 is 4.79 Å². The first-order chi connectivity index (χ1) is 10.5. The van der Waals surface area contributed by atoms with Crippen LogP contribution in [0.15, 0.2) is 47.2 Å². The van der Waals surface area contributed by atoms with E-state index in [4.69, 9.17) is 11.6 Å². The summed E-state index contributed by atoms with van der Waals surface area (Å²) in [5.41, 5.74) is 3.13. The summed E-state index contributed by atoms with van der Waals surface area (Å²) in [5, 5.41) is 0.641. The molecule has 0 spiro atoms. The number of pyridine rings is 1. The zero-order chi connectivity index (χ0) is 15.9. The molecule has 3 rings (SSSR count). The van der Waals surface area contributed by atoms with Crippen LogP contribution in [-0.4, -0.2) is 22.3 Å². The maximum atomic E-state index is 12.7. The molecular formula is C16H13BrClN3O. The second-order valence-electron chi connectivity index (χ2n) is 5.01. The first-order valence-electron chi connectivity index (χ1n) is 6.64. The van der Waals surface area contributed by atoms with Crippen LogP contribution in [0.2, 0.25) is 5.02 Å². The van der Waals surface area contributed by atoms with Crippen LogP contribution in [-0.2, 0) is 0 Å². The molecule has 3 aromatic rings. The Kier molecular flexibility index (Phi) is 3.93. The van der Waals surface area contributed by atoms with E-state index < -0.39 is 0 Å². The summed E-state index contributed by atoms with van der Waals surface area (Å²) in [5.74, 6) is -0.0991. The lowest BCUT2D eigenvalue weighted by Crippen LogP contribution is -2.26. The summed E-state index contributed by atoms with van der Waals surface area (Å²) in [6.45, 7) is 1.95. The third-order valence-electron chi connectivity index (χ3n) is 3.51. The predicted octanol–water partition coefficient (Wildman–Crippen LogP) is 4.34. The average molecular weight is 379 g/mol. The van der Waals surface area contributed by atoms with Crippen molar-refractivity contribution in [3.63, 3.8) is 0 Å². The van der Waals surface area contributed by atoms with Crippen LogP contribution in [0.4, 0.5) is 5.69 Å². The lowest BCUT2D eigenvalue weighted by molar-refractivity contribution is 0.0992. The number of anilines is 1. The SMILES string of the molecule is Cc1cnc2c(Br)cc(C(=O)N(C)c3ccc(Cl)cc3)cn12. The average Bonchev–Trinajstić information content (AvgIpc) is 2.88. The van der Waals surface area contributed by atoms with Gasteiger partial charge in [-0.2, -0.15) is 0 Å². The van der Waals surface area contributed by atoms with Crippen LogP contribution in [0.3, 0.4) is 0 Å². The van der Waals surface area contributed by atoms with Gasteiger partial charge in [0, 0.05) is 35.8 Å². The minimum absolute atomic E-state index is 0.0991. The van der Waals surface area contributed by atoms with Crippen molar-refractivity contribution in [3.05, 3.63) is 63.5 Å². The molecule has 0 fully saturated rings. The number of benzene rings is 1. The maximum Gasteiger partial charge on any atom is 0.259 e. The van der Waals surface area contributed by atoms with E-state index in [2.05, 4.69) is 20.9 Å². The van der Waals surface area contributed by atoms with Gasteiger partial charge in [-0.1, -0.05) is 11.6 Å². The van der Waals surface area contributed by atoms with Gasteiger partial charge < -0.3 is 9.30 Å². The molecule has 22 heavy (non-hydrogen) atoms. The minimum Gasteiger partial charge on any atom is -0.311 e. The van der Waals surface area contributed by atoms with Gasteiger partial charge in [0.15, 0.2) is 5.65 Å². The van der Waals surface area contributed by atoms with Crippen molar-refractivity contribution in [2.45, 2.75) is 6.92 Å². The molecule has 0 atom stereocenters. The van der Waals surface area contributed by atoms with E-state index in [0.29, 0.717) is 10.6 Å². The number of amides is 1. The number of nitrogens with zero attached hydrogens (tertiary/aromatic N) is 3. The van der Waals surface area contributed by atoms with Crippen LogP contribution in [0, 0.1) is 6.92 Å². The molecule has 0 saturated carbocycles. The molecule has 2 heterocycles. The minimum atomic E-state index is -0.0991. The molecule has 1 amide bonds. The Balaban J connectivity index is 2.01. The topological polar surface area (TPSA) is 37.6 Å². The number of hydrogen-bond donors (Lipinski definition) is 0. The van der Waals surface area contributed by atoms with Gasteiger partial charge in [0.2, 0.25) is 0 Å². The number of halogens is 2. The smallest absolute Gasteiger partial charge is 0.259 e. The van der Waals surface area contributed by atoms with Crippen LogP contribution in [0.1, 0.15) is 16.1 Å². The summed E-state index contributed by atoms with van der Waals surface area (Å²) in [4.78, 5) is 18.6. The highest BCUT2D eigenvalue weighted by Crippen LogP contribution is 2.23. The van der Waals surface area contributed by atoms with Crippen LogP contribution < -0.4 is 4.90 Å². The lowest BCUT2D eigenvalue weighted by atomic mass is 10.2. The van der Waals surface area contributed by atoms with Gasteiger partial charge >= 0.3 is 0 Å². The molecule has 6 heteroatoms. The quantitative estimate of drug-likeness (QED) is 0.665. The van der Waals surface area contributed by atoms with E-state index in [1.807, 2.05) is 23.5 Å². The molecule has 1 aromatic carbocycles. The van der Waals surface area contributed by atoms with Crippen LogP contribution >= 0.6 is 27.5 Å². The largest absolute Gasteiger partial charge is 0.311 e. The van der Waals surface area contributed by atoms with Gasteiger partial charge in [-0.15, -0.1) is 0 Å². The lowest BCUT2D eigenvalue weighted by Gasteiger charge is -2.18. The number of hydrogen-bond acceptors (Lipinski definition) is 2. The first-order valence-corrected chi connectivity index (χ1v) is 7.81. The van der Waals surface area contributed by atoms with Gasteiger partial charge in [-0.3, -0.25) is 4.79 Å². The van der Waals surface area contributed by atoms with E-state index >= 15 is 0 Å². The predicted molar refractivity (Wildman–Crippen MR) is 91.8 cm³/mol. The second-order valence-corrected chi connectivity index (χ2v) is 6.30. The monoisotopic (exact) mass is 377 g/mol. The van der Waals surface area contributed by atoms with E-state index in [1.54, 1.807) is 42.5 Å². The van der Waals surface area contributed by atoms with Crippen molar-refractivity contribution >= 4 is 44.8 Å². The van der Waals surface area contributed by atoms with Gasteiger partial charge in [0.1, 0.15) is 0 Å². The summed E-state index contributed by atoms with van der Waals surface area (Å²) in [6, 6.07) is 8.95. The van der Waals surface area contributed by atoms with Gasteiger partial charge in [0.05, 0.1) is 10.0 Å². The first kappa shape index (κ1) is 15.1. The van der Waals surface area contributed by atoms with Crippen LogP contribution in [0.5, 0.6) is 0 Å². The summed E-state index contributed by atoms with van der Waals surface area (Å²) < 4.78 is 2.68. The Morgan fingerprint density at radius 3 is 2.68 bits per heavy atom. The Hall–Kier alpha value is -1.85. The highest BCUT2D eigenvalue weighted by molar-refractivity contribution is 9.10. The van der Waals surface area contributed by atoms with E-state index in [0.717, 1.165) is 21.5 Å². The summed E-state index contributed by atoms with van der Waals surface area (Å²) in [6.07, 6.45) is 3.58. The highest BCUT2D eigenvalue weighted by atomic mass is 79.9. The molecule has 0 bridgehead atoms. The Morgan fingerprint density at radius 2 is 2.00 bits per heavy atom. The van der Waals surface area contributed by atoms with E-state index in [-0.39, 0.29) is 5.91 Å². The van der Waals surface area contributed by atoms with Crippen molar-refractivity contribution in [1.29, 1.82) is 0 Å². The van der Waals surface area contributed by atoms with Crippen molar-refractivity contribution in [3.8, 4) is 0 Å². The number of aryl methyl sites for hydroxylation is 1. The molecule has 4 nitrogen and oxygen atoms in total. The number of imidazole rings is 1. The van der Waals surface area contributed by atoms with Gasteiger partial charge in [0.25, 0.3) is 5.91 Å². The standard InChI is InChI=1S/C16H13BrClN3O/c1-10-8-19-15-14(17)7-11(9-21(10)15)16(22)20(2)13-5-3-12(18)4-6-13/h3-9H,1-2H3. The molecular weight excluding hydrogens is 366 g/mol. The van der Waals surface area contributed by atoms with E-state index in [1.165, 1.54) is 0 Å². The molecule has 0 aliphatic carbocycles. The fourth-order valence-corrected chi connectivity index (χ4v) is 2.92. The molecule has 0 saturated heterocycles. The zero-order valence-electron chi connectivity index (χ0n) is 12.0. The number of carbonyl (C=O) groups is 1. The van der Waals surface area contributed by atoms with E-state index in [9.17, 15) is 4.79 Å². The molecule has 0 aliphatic rings. The fraction of sp³-hybridized carbons (Fsp3) is 0.125. The second kappa shape index (κ2) is 5.74. The van der Waals surface area contributed by atoms with Gasteiger partial charge in [-0.05, 0) is 53.2 Å². The highest BCUT2D eigenvalue weighted by Gasteiger charge is 2.16. The van der Waals surface area contributed by atoms with Gasteiger partial charge in [-0.25, -0.2) is 4.98 Å². The number of fused-ring (bicyclic) bond motifs is 1. The van der Waals surface area contributed by atoms with Crippen molar-refractivity contribution in [2.75, 3.05) is 11.9 Å². The molecule has 0 N–H and O–H groups in total. The zero-order valence-corrected chi connectivity index (χ0v) is 14.4. The van der Waals surface area contributed by atoms with Crippen molar-refractivity contribution in [1.82, 2.24) is 9.38 Å². The molecule has 0 radical (unpaired) electrons. The maximum absolute atomic E-state index is 12.7. The normalized spacial score (nSPS) is 10.9. The Bertz CT molecular complexity index is 858. The summed E-state index contributed by atoms with van der Waals surface area (Å²) >= 11 is 9.36. The number of rotatable bonds is 2. The molecule has 112 valence electrons. The third-order valence-corrected chi connectivity index (χ3v) is 4.35. The molecule has 0 unspecified atom stereocenters.